The molecule has 0 atom stereocenters. The first-order chi connectivity index (χ1) is 9.31. The number of nitrogens with zero attached hydrogens (tertiary/aromatic N) is 1. The average molecular weight is 252 g/mol. The molecule has 0 aliphatic carbocycles. The average Bonchev–Trinajstić information content (AvgIpc) is 2.47. The molecule has 94 valence electrons. The van der Waals surface area contributed by atoms with Crippen LogP contribution < -0.4 is 10.2 Å². The molecule has 19 heavy (non-hydrogen) atoms. The molecule has 2 aromatic rings. The number of amides is 2. The first-order valence-corrected chi connectivity index (χ1v) is 6.01. The molecule has 0 bridgehead atoms. The van der Waals surface area contributed by atoms with Crippen LogP contribution in [-0.2, 0) is 6.54 Å². The van der Waals surface area contributed by atoms with Gasteiger partial charge >= 0.3 is 6.03 Å². The lowest BCUT2D eigenvalue weighted by Gasteiger charge is -2.30. The summed E-state index contributed by atoms with van der Waals surface area (Å²) in [5.74, 6) is 0. The Morgan fingerprint density at radius 2 is 1.68 bits per heavy atom. The Bertz CT molecular complexity index is 652. The number of carbonyl (C=O) groups excluding carboxylic acids is 2. The first kappa shape index (κ1) is 11.5. The van der Waals surface area contributed by atoms with E-state index < -0.39 is 0 Å². The summed E-state index contributed by atoms with van der Waals surface area (Å²) in [4.78, 5) is 24.8. The van der Waals surface area contributed by atoms with E-state index in [0.717, 1.165) is 17.5 Å². The highest BCUT2D eigenvalue weighted by atomic mass is 16.2. The minimum Gasteiger partial charge on any atom is -0.333 e. The van der Waals surface area contributed by atoms with Crippen molar-refractivity contribution < 1.29 is 9.59 Å². The summed E-state index contributed by atoms with van der Waals surface area (Å²) >= 11 is 0. The molecule has 0 aromatic heterocycles. The van der Waals surface area contributed by atoms with E-state index in [-0.39, 0.29) is 6.03 Å². The van der Waals surface area contributed by atoms with E-state index in [1.807, 2.05) is 30.3 Å². The molecular formula is C15H12N2O2. The quantitative estimate of drug-likeness (QED) is 0.835. The number of carbonyl (C=O) groups is 2. The Morgan fingerprint density at radius 3 is 2.47 bits per heavy atom. The summed E-state index contributed by atoms with van der Waals surface area (Å²) in [6.45, 7) is 0.509. The van der Waals surface area contributed by atoms with Crippen molar-refractivity contribution in [1.82, 2.24) is 5.32 Å². The van der Waals surface area contributed by atoms with Gasteiger partial charge in [0.15, 0.2) is 6.29 Å². The number of hydrogen-bond donors (Lipinski definition) is 1. The summed E-state index contributed by atoms with van der Waals surface area (Å²) in [7, 11) is 0. The maximum Gasteiger partial charge on any atom is 0.326 e. The predicted octanol–water partition coefficient (Wildman–Crippen LogP) is 2.86. The Hall–Kier alpha value is -2.62. The second-order valence-electron chi connectivity index (χ2n) is 4.30. The van der Waals surface area contributed by atoms with Crippen LogP contribution >= 0.6 is 0 Å². The van der Waals surface area contributed by atoms with E-state index in [4.69, 9.17) is 0 Å². The van der Waals surface area contributed by atoms with Crippen LogP contribution in [0.25, 0.3) is 0 Å². The van der Waals surface area contributed by atoms with Crippen LogP contribution in [0.15, 0.2) is 48.5 Å². The van der Waals surface area contributed by atoms with Crippen LogP contribution in [0.3, 0.4) is 0 Å². The molecular weight excluding hydrogens is 240 g/mol. The monoisotopic (exact) mass is 252 g/mol. The summed E-state index contributed by atoms with van der Waals surface area (Å²) < 4.78 is 0. The van der Waals surface area contributed by atoms with E-state index in [1.165, 1.54) is 0 Å². The molecule has 0 spiro atoms. The normalized spacial score (nSPS) is 13.7. The van der Waals surface area contributed by atoms with E-state index >= 15 is 0 Å². The van der Waals surface area contributed by atoms with E-state index in [1.54, 1.807) is 23.1 Å². The van der Waals surface area contributed by atoms with Crippen molar-refractivity contribution in [1.29, 1.82) is 0 Å². The van der Waals surface area contributed by atoms with Crippen molar-refractivity contribution in [2.24, 2.45) is 0 Å². The van der Waals surface area contributed by atoms with E-state index in [9.17, 15) is 9.59 Å². The maximum atomic E-state index is 12.1. The van der Waals surface area contributed by atoms with Crippen molar-refractivity contribution in [2.45, 2.75) is 6.54 Å². The zero-order chi connectivity index (χ0) is 13.2. The van der Waals surface area contributed by atoms with Crippen LogP contribution in [-0.4, -0.2) is 12.3 Å². The minimum atomic E-state index is -0.215. The number of para-hydroxylation sites is 2. The standard InChI is InChI=1S/C15H12N2O2/c18-10-12-6-2-4-8-14(12)17-13-7-3-1-5-11(13)9-16-15(17)19/h1-8,10H,9H2,(H,16,19). The fourth-order valence-corrected chi connectivity index (χ4v) is 2.27. The van der Waals surface area contributed by atoms with Gasteiger partial charge in [-0.1, -0.05) is 30.3 Å². The number of rotatable bonds is 2. The second kappa shape index (κ2) is 4.57. The highest BCUT2D eigenvalue weighted by Gasteiger charge is 2.26. The first-order valence-electron chi connectivity index (χ1n) is 6.01. The molecule has 3 rings (SSSR count). The van der Waals surface area contributed by atoms with Gasteiger partial charge in [-0.3, -0.25) is 9.69 Å². The molecule has 0 unspecified atom stereocenters. The number of hydrogen-bond acceptors (Lipinski definition) is 2. The van der Waals surface area contributed by atoms with Crippen molar-refractivity contribution in [2.75, 3.05) is 4.90 Å². The molecule has 1 N–H and O–H groups in total. The SMILES string of the molecule is O=Cc1ccccc1N1C(=O)NCc2ccccc21. The van der Waals surface area contributed by atoms with Crippen molar-refractivity contribution in [3.8, 4) is 0 Å². The Labute approximate surface area is 110 Å². The number of fused-ring (bicyclic) bond motifs is 1. The highest BCUT2D eigenvalue weighted by Crippen LogP contribution is 2.32. The predicted molar refractivity (Wildman–Crippen MR) is 72.6 cm³/mol. The van der Waals surface area contributed by atoms with Gasteiger partial charge in [0.1, 0.15) is 0 Å². The molecule has 1 aliphatic rings. The fraction of sp³-hybridized carbons (Fsp3) is 0.0667. The molecule has 0 saturated heterocycles. The largest absolute Gasteiger partial charge is 0.333 e. The number of aldehydes is 1. The van der Waals surface area contributed by atoms with Crippen molar-refractivity contribution in [3.63, 3.8) is 0 Å². The van der Waals surface area contributed by atoms with Crippen LogP contribution in [0.4, 0.5) is 16.2 Å². The van der Waals surface area contributed by atoms with Crippen LogP contribution in [0.1, 0.15) is 15.9 Å². The van der Waals surface area contributed by atoms with Crippen molar-refractivity contribution in [3.05, 3.63) is 59.7 Å². The third kappa shape index (κ3) is 1.87. The number of urea groups is 1. The molecule has 1 aliphatic heterocycles. The molecule has 1 heterocycles. The topological polar surface area (TPSA) is 49.4 Å². The van der Waals surface area contributed by atoms with Gasteiger partial charge in [-0.25, -0.2) is 4.79 Å². The van der Waals surface area contributed by atoms with Crippen molar-refractivity contribution >= 4 is 23.7 Å². The lowest BCUT2D eigenvalue weighted by atomic mass is 10.1. The van der Waals surface area contributed by atoms with Crippen LogP contribution in [0.2, 0.25) is 0 Å². The minimum absolute atomic E-state index is 0.215. The number of anilines is 2. The lowest BCUT2D eigenvalue weighted by molar-refractivity contribution is 0.112. The Morgan fingerprint density at radius 1 is 1.00 bits per heavy atom. The molecule has 0 saturated carbocycles. The molecule has 2 aromatic carbocycles. The van der Waals surface area contributed by atoms with Gasteiger partial charge in [-0.05, 0) is 23.8 Å². The summed E-state index contributed by atoms with van der Waals surface area (Å²) in [6.07, 6.45) is 0.764. The van der Waals surface area contributed by atoms with Gasteiger partial charge < -0.3 is 5.32 Å². The Balaban J connectivity index is 2.19. The van der Waals surface area contributed by atoms with Gasteiger partial charge in [-0.2, -0.15) is 0 Å². The zero-order valence-electron chi connectivity index (χ0n) is 10.2. The number of benzene rings is 2. The van der Waals surface area contributed by atoms with E-state index in [0.29, 0.717) is 17.8 Å². The summed E-state index contributed by atoms with van der Waals surface area (Å²) in [5.41, 5.74) is 2.94. The molecule has 0 radical (unpaired) electrons. The summed E-state index contributed by atoms with van der Waals surface area (Å²) in [5, 5.41) is 2.81. The van der Waals surface area contributed by atoms with Crippen LogP contribution in [0.5, 0.6) is 0 Å². The zero-order valence-corrected chi connectivity index (χ0v) is 10.2. The van der Waals surface area contributed by atoms with E-state index in [2.05, 4.69) is 5.32 Å². The maximum absolute atomic E-state index is 12.1. The van der Waals surface area contributed by atoms with Gasteiger partial charge in [0, 0.05) is 12.1 Å². The van der Waals surface area contributed by atoms with Gasteiger partial charge in [0.25, 0.3) is 0 Å². The smallest absolute Gasteiger partial charge is 0.326 e. The molecule has 4 nitrogen and oxygen atoms in total. The second-order valence-corrected chi connectivity index (χ2v) is 4.30. The molecule has 0 fully saturated rings. The van der Waals surface area contributed by atoms with Gasteiger partial charge in [-0.15, -0.1) is 0 Å². The third-order valence-corrected chi connectivity index (χ3v) is 3.17. The third-order valence-electron chi connectivity index (χ3n) is 3.17. The fourth-order valence-electron chi connectivity index (χ4n) is 2.27. The highest BCUT2D eigenvalue weighted by molar-refractivity contribution is 6.05. The van der Waals surface area contributed by atoms with Gasteiger partial charge in [0.05, 0.1) is 11.4 Å². The lowest BCUT2D eigenvalue weighted by Crippen LogP contribution is -2.41. The van der Waals surface area contributed by atoms with Crippen LogP contribution in [0, 0.1) is 0 Å². The molecule has 2 amide bonds. The Kier molecular flexibility index (Phi) is 2.76. The van der Waals surface area contributed by atoms with Gasteiger partial charge in [0.2, 0.25) is 0 Å². The summed E-state index contributed by atoms with van der Waals surface area (Å²) in [6, 6.07) is 14.5. The number of nitrogens with one attached hydrogen (secondary N) is 1. The molecule has 4 heteroatoms.